The molecule has 2 unspecified atom stereocenters. The Balaban J connectivity index is 2.78. The normalized spacial score (nSPS) is 25.3. The second kappa shape index (κ2) is 7.92. The molecule has 0 saturated carbocycles. The van der Waals surface area contributed by atoms with Gasteiger partial charge in [0.15, 0.2) is 0 Å². The smallest absolute Gasteiger partial charge is 0.242 e. The quantitative estimate of drug-likeness (QED) is 0.713. The lowest BCUT2D eigenvalue weighted by Crippen LogP contribution is -2.53. The number of carbonyl (C=O) groups is 1. The van der Waals surface area contributed by atoms with E-state index in [1.807, 2.05) is 25.7 Å². The van der Waals surface area contributed by atoms with E-state index in [1.54, 1.807) is 0 Å². The Bertz CT molecular complexity index is 375. The summed E-state index contributed by atoms with van der Waals surface area (Å²) < 4.78 is 0. The average molecular weight is 329 g/mol. The second-order valence-electron chi connectivity index (χ2n) is 8.62. The highest BCUT2D eigenvalue weighted by atomic mass is 16.3. The molecule has 0 aromatic carbocycles. The Morgan fingerprint density at radius 2 is 1.52 bits per heavy atom. The van der Waals surface area contributed by atoms with E-state index in [0.717, 1.165) is 26.2 Å². The molecular weight excluding hydrogens is 292 g/mol. The molecule has 1 amide bonds. The lowest BCUT2D eigenvalue weighted by atomic mass is 9.84. The molecule has 6 nitrogen and oxygen atoms in total. The van der Waals surface area contributed by atoms with E-state index >= 15 is 0 Å². The van der Waals surface area contributed by atoms with E-state index in [1.165, 1.54) is 0 Å². The highest BCUT2D eigenvalue weighted by Crippen LogP contribution is 2.27. The van der Waals surface area contributed by atoms with E-state index in [9.17, 15) is 9.90 Å². The first-order valence-corrected chi connectivity index (χ1v) is 8.45. The van der Waals surface area contributed by atoms with Crippen molar-refractivity contribution in [2.75, 3.05) is 54.4 Å². The van der Waals surface area contributed by atoms with Crippen LogP contribution in [0.1, 0.15) is 20.8 Å². The summed E-state index contributed by atoms with van der Waals surface area (Å²) in [7, 11) is 8.25. The highest BCUT2D eigenvalue weighted by Gasteiger charge is 2.40. The van der Waals surface area contributed by atoms with Gasteiger partial charge in [-0.3, -0.25) is 4.79 Å². The zero-order valence-electron chi connectivity index (χ0n) is 15.9. The molecule has 3 N–H and O–H groups in total. The van der Waals surface area contributed by atoms with Crippen LogP contribution >= 0.6 is 0 Å². The van der Waals surface area contributed by atoms with Gasteiger partial charge in [0.25, 0.3) is 0 Å². The van der Waals surface area contributed by atoms with Gasteiger partial charge < -0.3 is 25.5 Å². The van der Waals surface area contributed by atoms with Gasteiger partial charge in [0.1, 0.15) is 6.04 Å². The van der Waals surface area contributed by atoms with Crippen LogP contribution in [0.5, 0.6) is 0 Å². The topological polar surface area (TPSA) is 73.0 Å². The molecule has 0 radical (unpaired) electrons. The number of aliphatic hydroxyl groups excluding tert-OH is 1. The van der Waals surface area contributed by atoms with Crippen molar-refractivity contribution >= 4 is 5.91 Å². The highest BCUT2D eigenvalue weighted by molar-refractivity contribution is 5.82. The van der Waals surface area contributed by atoms with Gasteiger partial charge in [-0.15, -0.1) is 0 Å². The third kappa shape index (κ3) is 5.71. The van der Waals surface area contributed by atoms with Crippen molar-refractivity contribution in [1.29, 1.82) is 0 Å². The van der Waals surface area contributed by atoms with Gasteiger partial charge >= 0.3 is 0 Å². The van der Waals surface area contributed by atoms with Gasteiger partial charge in [0.05, 0.1) is 6.10 Å². The van der Waals surface area contributed by atoms with Crippen molar-refractivity contribution in [1.82, 2.24) is 14.7 Å². The molecular formula is C17H36N4O2. The third-order valence-electron chi connectivity index (χ3n) is 4.60. The summed E-state index contributed by atoms with van der Waals surface area (Å²) in [5.74, 6) is 0.753. The molecule has 1 rings (SSSR count). The molecule has 0 spiro atoms. The van der Waals surface area contributed by atoms with Crippen molar-refractivity contribution < 1.29 is 9.90 Å². The summed E-state index contributed by atoms with van der Waals surface area (Å²) in [6, 6.07) is -0.854. The zero-order valence-corrected chi connectivity index (χ0v) is 15.9. The van der Waals surface area contributed by atoms with Gasteiger partial charge in [-0.05, 0) is 45.4 Å². The van der Waals surface area contributed by atoms with Crippen LogP contribution in [-0.2, 0) is 4.79 Å². The molecule has 0 aliphatic carbocycles. The number of rotatable bonds is 6. The number of likely N-dealkylation sites (tertiary alicyclic amines) is 1. The van der Waals surface area contributed by atoms with Crippen LogP contribution in [0.4, 0.5) is 0 Å². The van der Waals surface area contributed by atoms with E-state index in [4.69, 9.17) is 5.73 Å². The first-order valence-electron chi connectivity index (χ1n) is 8.45. The number of aliphatic hydroxyl groups is 1. The van der Waals surface area contributed by atoms with Crippen LogP contribution in [0.2, 0.25) is 0 Å². The van der Waals surface area contributed by atoms with Crippen molar-refractivity contribution in [2.24, 2.45) is 23.0 Å². The fourth-order valence-electron chi connectivity index (χ4n) is 3.35. The maximum absolute atomic E-state index is 12.7. The Kier molecular flexibility index (Phi) is 7.01. The maximum atomic E-state index is 12.7. The Labute approximate surface area is 141 Å². The summed E-state index contributed by atoms with van der Waals surface area (Å²) in [4.78, 5) is 18.9. The molecule has 4 atom stereocenters. The SMILES string of the molecule is CN(C)C[C@@H]1CN(C(=O)C(N)C(O)C(C)(C)C)C[C@H]1CN(C)C. The molecule has 1 aliphatic rings. The molecule has 1 saturated heterocycles. The van der Waals surface area contributed by atoms with Crippen LogP contribution in [0, 0.1) is 17.3 Å². The molecule has 1 heterocycles. The summed E-state index contributed by atoms with van der Waals surface area (Å²) in [5.41, 5.74) is 5.66. The van der Waals surface area contributed by atoms with Crippen molar-refractivity contribution in [3.05, 3.63) is 0 Å². The Morgan fingerprint density at radius 3 is 1.83 bits per heavy atom. The third-order valence-corrected chi connectivity index (χ3v) is 4.60. The summed E-state index contributed by atoms with van der Waals surface area (Å²) in [6.45, 7) is 9.06. The van der Waals surface area contributed by atoms with Crippen LogP contribution in [0.25, 0.3) is 0 Å². The van der Waals surface area contributed by atoms with Crippen LogP contribution < -0.4 is 5.73 Å². The van der Waals surface area contributed by atoms with Crippen molar-refractivity contribution in [2.45, 2.75) is 32.9 Å². The van der Waals surface area contributed by atoms with Gasteiger partial charge in [-0.25, -0.2) is 0 Å². The predicted molar refractivity (Wildman–Crippen MR) is 94.1 cm³/mol. The molecule has 0 aromatic rings. The Hall–Kier alpha value is -0.690. The standard InChI is InChI=1S/C17H36N4O2/c1-17(2,3)15(22)14(18)16(23)21-10-12(8-19(4)5)13(11-21)9-20(6)7/h12-15,22H,8-11,18H2,1-7H3/t12-,13-,14?,15?/m1/s1. The van der Waals surface area contributed by atoms with E-state index < -0.39 is 17.6 Å². The number of nitrogens with zero attached hydrogens (tertiary/aromatic N) is 3. The van der Waals surface area contributed by atoms with Crippen molar-refractivity contribution in [3.63, 3.8) is 0 Å². The largest absolute Gasteiger partial charge is 0.390 e. The summed E-state index contributed by atoms with van der Waals surface area (Å²) in [5, 5.41) is 10.3. The number of hydrogen-bond donors (Lipinski definition) is 2. The fourth-order valence-corrected chi connectivity index (χ4v) is 3.35. The minimum atomic E-state index is -0.854. The van der Waals surface area contributed by atoms with Crippen LogP contribution in [-0.4, -0.2) is 92.2 Å². The van der Waals surface area contributed by atoms with Crippen LogP contribution in [0.15, 0.2) is 0 Å². The molecule has 136 valence electrons. The van der Waals surface area contributed by atoms with Crippen molar-refractivity contribution in [3.8, 4) is 0 Å². The fraction of sp³-hybridized carbons (Fsp3) is 0.941. The summed E-state index contributed by atoms with van der Waals surface area (Å²) >= 11 is 0. The number of amides is 1. The maximum Gasteiger partial charge on any atom is 0.242 e. The van der Waals surface area contributed by atoms with Gasteiger partial charge in [-0.1, -0.05) is 20.8 Å². The number of carbonyl (C=O) groups excluding carboxylic acids is 1. The lowest BCUT2D eigenvalue weighted by molar-refractivity contribution is -0.136. The zero-order chi connectivity index (χ0) is 17.9. The number of nitrogens with two attached hydrogens (primary N) is 1. The van der Waals surface area contributed by atoms with Gasteiger partial charge in [0.2, 0.25) is 5.91 Å². The lowest BCUT2D eigenvalue weighted by Gasteiger charge is -2.32. The van der Waals surface area contributed by atoms with Gasteiger partial charge in [-0.2, -0.15) is 0 Å². The predicted octanol–water partition coefficient (Wildman–Crippen LogP) is -0.0815. The molecule has 23 heavy (non-hydrogen) atoms. The molecule has 1 fully saturated rings. The average Bonchev–Trinajstić information content (AvgIpc) is 2.76. The molecule has 0 bridgehead atoms. The van der Waals surface area contributed by atoms with Gasteiger partial charge in [0, 0.05) is 26.2 Å². The van der Waals surface area contributed by atoms with E-state index in [-0.39, 0.29) is 5.91 Å². The van der Waals surface area contributed by atoms with E-state index in [2.05, 4.69) is 38.0 Å². The second-order valence-corrected chi connectivity index (χ2v) is 8.62. The molecule has 6 heteroatoms. The number of hydrogen-bond acceptors (Lipinski definition) is 5. The monoisotopic (exact) mass is 328 g/mol. The van der Waals surface area contributed by atoms with E-state index in [0.29, 0.717) is 11.8 Å². The minimum absolute atomic E-state index is 0.127. The first kappa shape index (κ1) is 20.4. The van der Waals surface area contributed by atoms with Crippen LogP contribution in [0.3, 0.4) is 0 Å². The Morgan fingerprint density at radius 1 is 1.13 bits per heavy atom. The summed E-state index contributed by atoms with van der Waals surface area (Å²) in [6.07, 6.45) is -0.838. The minimum Gasteiger partial charge on any atom is -0.390 e. The molecule has 1 aliphatic heterocycles. The first-order chi connectivity index (χ1) is 10.4. The molecule has 0 aromatic heterocycles.